The van der Waals surface area contributed by atoms with E-state index >= 15 is 0 Å². The van der Waals surface area contributed by atoms with Gasteiger partial charge in [-0.15, -0.1) is 12.4 Å². The molecule has 1 unspecified atom stereocenters. The van der Waals surface area contributed by atoms with E-state index in [1.807, 2.05) is 14.0 Å². The molecule has 7 heteroatoms. The number of rotatable bonds is 3. The van der Waals surface area contributed by atoms with E-state index in [2.05, 4.69) is 10.3 Å². The summed E-state index contributed by atoms with van der Waals surface area (Å²) in [6, 6.07) is 3.66. The van der Waals surface area contributed by atoms with E-state index in [0.717, 1.165) is 18.4 Å². The molecule has 5 nitrogen and oxygen atoms in total. The fourth-order valence-electron chi connectivity index (χ4n) is 2.18. The zero-order valence-corrected chi connectivity index (χ0v) is 12.8. The second-order valence-corrected chi connectivity index (χ2v) is 6.55. The summed E-state index contributed by atoms with van der Waals surface area (Å²) < 4.78 is 26.4. The third-order valence-electron chi connectivity index (χ3n) is 3.29. The van der Waals surface area contributed by atoms with Crippen molar-refractivity contribution < 1.29 is 8.42 Å². The molecule has 0 aromatic carbocycles. The molecule has 1 fully saturated rings. The molecular formula is C12H20ClN3O2S. The molecule has 1 saturated heterocycles. The number of piperidine rings is 1. The Labute approximate surface area is 120 Å². The summed E-state index contributed by atoms with van der Waals surface area (Å²) in [5.41, 5.74) is 0.908. The lowest BCUT2D eigenvalue weighted by Crippen LogP contribution is -2.47. The van der Waals surface area contributed by atoms with Gasteiger partial charge in [0.05, 0.1) is 0 Å². The average Bonchev–Trinajstić information content (AvgIpc) is 2.39. The van der Waals surface area contributed by atoms with E-state index in [1.54, 1.807) is 18.3 Å². The summed E-state index contributed by atoms with van der Waals surface area (Å²) in [7, 11) is -1.58. The maximum Gasteiger partial charge on any atom is 0.260 e. The minimum absolute atomic E-state index is 0. The highest BCUT2D eigenvalue weighted by Crippen LogP contribution is 2.19. The van der Waals surface area contributed by atoms with Crippen molar-refractivity contribution in [2.75, 3.05) is 20.1 Å². The summed E-state index contributed by atoms with van der Waals surface area (Å²) in [4.78, 5) is 3.99. The van der Waals surface area contributed by atoms with Crippen LogP contribution in [0.15, 0.2) is 23.4 Å². The molecule has 1 atom stereocenters. The van der Waals surface area contributed by atoms with Gasteiger partial charge in [0.2, 0.25) is 0 Å². The molecule has 19 heavy (non-hydrogen) atoms. The van der Waals surface area contributed by atoms with Crippen molar-refractivity contribution in [2.24, 2.45) is 0 Å². The van der Waals surface area contributed by atoms with Crippen LogP contribution in [0.4, 0.5) is 0 Å². The molecule has 0 spiro atoms. The molecule has 0 saturated carbocycles. The van der Waals surface area contributed by atoms with Crippen molar-refractivity contribution in [3.8, 4) is 0 Å². The number of pyridine rings is 1. The number of aromatic nitrogens is 1. The summed E-state index contributed by atoms with van der Waals surface area (Å²) in [6.07, 6.45) is 3.45. The van der Waals surface area contributed by atoms with Gasteiger partial charge in [-0.1, -0.05) is 0 Å². The minimum atomic E-state index is -3.45. The van der Waals surface area contributed by atoms with E-state index in [4.69, 9.17) is 0 Å². The van der Waals surface area contributed by atoms with Crippen molar-refractivity contribution in [3.05, 3.63) is 23.9 Å². The van der Waals surface area contributed by atoms with E-state index in [0.29, 0.717) is 13.1 Å². The summed E-state index contributed by atoms with van der Waals surface area (Å²) in [6.45, 7) is 2.97. The first-order valence-corrected chi connectivity index (χ1v) is 7.58. The highest BCUT2D eigenvalue weighted by atomic mass is 35.5. The molecule has 0 aliphatic carbocycles. The number of hydrogen-bond acceptors (Lipinski definition) is 4. The smallest absolute Gasteiger partial charge is 0.260 e. The largest absolute Gasteiger partial charge is 0.316 e. The number of sulfonamides is 1. The maximum absolute atomic E-state index is 12.4. The van der Waals surface area contributed by atoms with E-state index in [9.17, 15) is 8.42 Å². The number of likely N-dealkylation sites (N-methyl/N-ethyl adjacent to an activating group) is 1. The average molecular weight is 306 g/mol. The van der Waals surface area contributed by atoms with Gasteiger partial charge in [0, 0.05) is 25.3 Å². The molecule has 0 radical (unpaired) electrons. The third-order valence-corrected chi connectivity index (χ3v) is 5.05. The van der Waals surface area contributed by atoms with Crippen LogP contribution in [0.3, 0.4) is 0 Å². The Balaban J connectivity index is 0.00000180. The van der Waals surface area contributed by atoms with Gasteiger partial charge in [-0.2, -0.15) is 4.31 Å². The van der Waals surface area contributed by atoms with Crippen LogP contribution in [0.2, 0.25) is 0 Å². The second-order valence-electron chi connectivity index (χ2n) is 4.66. The van der Waals surface area contributed by atoms with Crippen LogP contribution in [0.25, 0.3) is 0 Å². The predicted octanol–water partition coefficient (Wildman–Crippen LogP) is 1.18. The zero-order valence-electron chi connectivity index (χ0n) is 11.2. The first-order chi connectivity index (χ1) is 8.54. The number of nitrogens with one attached hydrogen (secondary N) is 1. The van der Waals surface area contributed by atoms with Crippen molar-refractivity contribution in [1.29, 1.82) is 0 Å². The zero-order chi connectivity index (χ0) is 13.2. The summed E-state index contributed by atoms with van der Waals surface area (Å²) >= 11 is 0. The first kappa shape index (κ1) is 16.4. The topological polar surface area (TPSA) is 62.3 Å². The molecule has 2 heterocycles. The van der Waals surface area contributed by atoms with Crippen LogP contribution < -0.4 is 5.32 Å². The van der Waals surface area contributed by atoms with Crippen LogP contribution in [-0.2, 0) is 10.0 Å². The molecular weight excluding hydrogens is 286 g/mol. The maximum atomic E-state index is 12.4. The molecule has 1 aromatic rings. The van der Waals surface area contributed by atoms with Crippen LogP contribution in [0.5, 0.6) is 0 Å². The van der Waals surface area contributed by atoms with Crippen LogP contribution >= 0.6 is 12.4 Å². The highest BCUT2D eigenvalue weighted by molar-refractivity contribution is 7.89. The number of aryl methyl sites for hydroxylation is 1. The molecule has 0 bridgehead atoms. The predicted molar refractivity (Wildman–Crippen MR) is 77.1 cm³/mol. The van der Waals surface area contributed by atoms with Gasteiger partial charge in [0.15, 0.2) is 5.03 Å². The highest BCUT2D eigenvalue weighted by Gasteiger charge is 2.30. The van der Waals surface area contributed by atoms with Gasteiger partial charge in [-0.05, 0) is 44.5 Å². The van der Waals surface area contributed by atoms with Gasteiger partial charge in [-0.25, -0.2) is 13.4 Å². The molecule has 0 amide bonds. The van der Waals surface area contributed by atoms with Gasteiger partial charge in [0.1, 0.15) is 0 Å². The Kier molecular flexibility index (Phi) is 5.73. The van der Waals surface area contributed by atoms with Gasteiger partial charge in [-0.3, -0.25) is 0 Å². The molecule has 1 aliphatic heterocycles. The second kappa shape index (κ2) is 6.65. The summed E-state index contributed by atoms with van der Waals surface area (Å²) in [5.74, 6) is 0. The number of hydrogen-bond donors (Lipinski definition) is 1. The molecule has 1 aliphatic rings. The van der Waals surface area contributed by atoms with Crippen LogP contribution in [-0.4, -0.2) is 43.9 Å². The molecule has 1 aromatic heterocycles. The fraction of sp³-hybridized carbons (Fsp3) is 0.583. The number of nitrogens with zero attached hydrogens (tertiary/aromatic N) is 2. The van der Waals surface area contributed by atoms with Crippen LogP contribution in [0.1, 0.15) is 18.4 Å². The lowest BCUT2D eigenvalue weighted by molar-refractivity contribution is 0.292. The van der Waals surface area contributed by atoms with Crippen molar-refractivity contribution in [2.45, 2.75) is 30.8 Å². The Bertz CT molecular complexity index is 521. The Morgan fingerprint density at radius 3 is 2.84 bits per heavy atom. The van der Waals surface area contributed by atoms with Crippen molar-refractivity contribution in [1.82, 2.24) is 14.6 Å². The lowest BCUT2D eigenvalue weighted by atomic mass is 10.1. The van der Waals surface area contributed by atoms with Crippen molar-refractivity contribution >= 4 is 22.4 Å². The fourth-order valence-corrected chi connectivity index (χ4v) is 3.72. The Morgan fingerprint density at radius 2 is 2.21 bits per heavy atom. The molecule has 1 N–H and O–H groups in total. The molecule has 2 rings (SSSR count). The first-order valence-electron chi connectivity index (χ1n) is 6.14. The SMILES string of the molecule is CNC1CCCN(S(=O)(=O)c2cc(C)ccn2)C1.Cl. The Hall–Kier alpha value is -0.690. The third kappa shape index (κ3) is 3.66. The lowest BCUT2D eigenvalue weighted by Gasteiger charge is -2.31. The quantitative estimate of drug-likeness (QED) is 0.911. The van der Waals surface area contributed by atoms with E-state index < -0.39 is 10.0 Å². The van der Waals surface area contributed by atoms with Gasteiger partial charge < -0.3 is 5.32 Å². The standard InChI is InChI=1S/C12H19N3O2S.ClH/c1-10-5-6-14-12(8-10)18(16,17)15-7-3-4-11(9-15)13-2;/h5-6,8,11,13H,3-4,7,9H2,1-2H3;1H. The summed E-state index contributed by atoms with van der Waals surface area (Å²) in [5, 5.41) is 3.29. The Morgan fingerprint density at radius 1 is 1.47 bits per heavy atom. The van der Waals surface area contributed by atoms with E-state index in [-0.39, 0.29) is 23.5 Å². The molecule has 108 valence electrons. The van der Waals surface area contributed by atoms with Gasteiger partial charge >= 0.3 is 0 Å². The number of halogens is 1. The monoisotopic (exact) mass is 305 g/mol. The van der Waals surface area contributed by atoms with E-state index in [1.165, 1.54) is 4.31 Å². The minimum Gasteiger partial charge on any atom is -0.316 e. The normalized spacial score (nSPS) is 20.8. The van der Waals surface area contributed by atoms with Gasteiger partial charge in [0.25, 0.3) is 10.0 Å². The van der Waals surface area contributed by atoms with Crippen LogP contribution in [0, 0.1) is 6.92 Å². The van der Waals surface area contributed by atoms with Crippen molar-refractivity contribution in [3.63, 3.8) is 0 Å².